The van der Waals surface area contributed by atoms with Gasteiger partial charge in [0.2, 0.25) is 0 Å². The summed E-state index contributed by atoms with van der Waals surface area (Å²) in [6, 6.07) is 28.5. The molecule has 0 aromatic heterocycles. The zero-order valence-corrected chi connectivity index (χ0v) is 34.8. The van der Waals surface area contributed by atoms with E-state index in [0.717, 1.165) is 70.5 Å². The highest BCUT2D eigenvalue weighted by Gasteiger charge is 2.41. The molecule has 5 heteroatoms. The molecule has 0 unspecified atom stereocenters. The summed E-state index contributed by atoms with van der Waals surface area (Å²) in [6.07, 6.45) is 21.7. The fourth-order valence-corrected chi connectivity index (χ4v) is 10.2. The number of carboxylic acids is 1. The second-order valence-electron chi connectivity index (χ2n) is 15.8. The molecule has 55 heavy (non-hydrogen) atoms. The molecule has 4 aromatic rings. The quantitative estimate of drug-likeness (QED) is 0.0570. The molecule has 0 saturated heterocycles. The van der Waals surface area contributed by atoms with Crippen LogP contribution in [0, 0.1) is 18.3 Å². The largest absolute Gasteiger partial charge is 0.481 e. The van der Waals surface area contributed by atoms with Gasteiger partial charge in [0.1, 0.15) is 6.07 Å². The van der Waals surface area contributed by atoms with Crippen LogP contribution in [0.1, 0.15) is 147 Å². The normalized spacial score (nSPS) is 13.7. The van der Waals surface area contributed by atoms with Crippen molar-refractivity contribution in [2.75, 3.05) is 11.4 Å². The van der Waals surface area contributed by atoms with E-state index in [1.54, 1.807) is 11.8 Å². The van der Waals surface area contributed by atoms with Gasteiger partial charge < -0.3 is 10.0 Å². The van der Waals surface area contributed by atoms with Crippen LogP contribution < -0.4 is 4.90 Å². The molecule has 0 spiro atoms. The van der Waals surface area contributed by atoms with Crippen molar-refractivity contribution in [1.82, 2.24) is 0 Å². The summed E-state index contributed by atoms with van der Waals surface area (Å²) in [4.78, 5) is 15.2. The molecule has 4 nitrogen and oxygen atoms in total. The number of benzene rings is 4. The van der Waals surface area contributed by atoms with Crippen molar-refractivity contribution in [3.8, 4) is 6.07 Å². The Labute approximate surface area is 336 Å². The number of nitriles is 1. The maximum Gasteiger partial charge on any atom is 0.305 e. The van der Waals surface area contributed by atoms with Crippen LogP contribution in [0.5, 0.6) is 0 Å². The van der Waals surface area contributed by atoms with Crippen molar-refractivity contribution in [3.63, 3.8) is 0 Å². The number of hydrogen-bond donors (Lipinski definition) is 1. The number of aliphatic carboxylic acids is 1. The second-order valence-corrected chi connectivity index (χ2v) is 16.8. The van der Waals surface area contributed by atoms with Gasteiger partial charge in [-0.2, -0.15) is 5.26 Å². The summed E-state index contributed by atoms with van der Waals surface area (Å²) in [5, 5.41) is 26.7. The molecule has 1 N–H and O–H groups in total. The third-order valence-electron chi connectivity index (χ3n) is 11.9. The van der Waals surface area contributed by atoms with E-state index in [9.17, 15) is 15.2 Å². The van der Waals surface area contributed by atoms with Crippen LogP contribution in [0.25, 0.3) is 21.5 Å². The van der Waals surface area contributed by atoms with Gasteiger partial charge in [-0.15, -0.1) is 0 Å². The Bertz CT molecular complexity index is 1950. The zero-order valence-electron chi connectivity index (χ0n) is 33.9. The first kappa shape index (κ1) is 42.1. The smallest absolute Gasteiger partial charge is 0.305 e. The first-order valence-corrected chi connectivity index (χ1v) is 22.2. The molecule has 0 fully saturated rings. The van der Waals surface area contributed by atoms with Gasteiger partial charge in [-0.05, 0) is 64.1 Å². The number of unbranched alkanes of at least 4 members (excludes halogenated alkanes) is 14. The van der Waals surface area contributed by atoms with Gasteiger partial charge in [0.05, 0.1) is 22.7 Å². The number of carbonyl (C=O) groups is 1. The molecule has 1 aliphatic rings. The van der Waals surface area contributed by atoms with Gasteiger partial charge in [-0.3, -0.25) is 4.79 Å². The number of rotatable bonds is 24. The van der Waals surface area contributed by atoms with Crippen LogP contribution in [0.2, 0.25) is 0 Å². The number of anilines is 1. The lowest BCUT2D eigenvalue weighted by atomic mass is 9.64. The first-order chi connectivity index (χ1) is 26.9. The molecule has 0 atom stereocenters. The molecule has 0 bridgehead atoms. The van der Waals surface area contributed by atoms with E-state index in [1.807, 2.05) is 6.07 Å². The number of carboxylic acid groups (broad SMARTS) is 1. The second kappa shape index (κ2) is 21.3. The van der Waals surface area contributed by atoms with Gasteiger partial charge in [-0.1, -0.05) is 202 Å². The SMILES string of the molecule is C=C(/C(C#N)=C1\Sc2c(ccc3ccccc23)N1CCC(=O)O)C(CCCCCCCCCC)(CCCCCCCCCC)c1c(C)ccc2ccccc12. The Hall–Kier alpha value is -4.01. The lowest BCUT2D eigenvalue weighted by molar-refractivity contribution is -0.136. The average Bonchev–Trinajstić information content (AvgIpc) is 3.57. The first-order valence-electron chi connectivity index (χ1n) is 21.4. The van der Waals surface area contributed by atoms with Gasteiger partial charge in [0.25, 0.3) is 0 Å². The molecule has 1 aliphatic heterocycles. The topological polar surface area (TPSA) is 64.3 Å². The molecule has 0 saturated carbocycles. The van der Waals surface area contributed by atoms with E-state index in [-0.39, 0.29) is 13.0 Å². The van der Waals surface area contributed by atoms with E-state index in [4.69, 9.17) is 6.58 Å². The minimum Gasteiger partial charge on any atom is -0.481 e. The van der Waals surface area contributed by atoms with Crippen molar-refractivity contribution in [2.24, 2.45) is 0 Å². The molecule has 0 amide bonds. The van der Waals surface area contributed by atoms with Crippen molar-refractivity contribution in [3.05, 3.63) is 107 Å². The number of fused-ring (bicyclic) bond motifs is 4. The fourth-order valence-electron chi connectivity index (χ4n) is 8.88. The Morgan fingerprint density at radius 3 is 1.80 bits per heavy atom. The summed E-state index contributed by atoms with van der Waals surface area (Å²) in [5.41, 5.74) is 4.57. The fraction of sp³-hybridized carbons (Fsp3) is 0.480. The summed E-state index contributed by atoms with van der Waals surface area (Å²) in [5.74, 6) is -0.846. The third-order valence-corrected chi connectivity index (χ3v) is 13.1. The lowest BCUT2D eigenvalue weighted by Gasteiger charge is -2.40. The minimum atomic E-state index is -0.846. The van der Waals surface area contributed by atoms with E-state index < -0.39 is 11.4 Å². The Morgan fingerprint density at radius 1 is 0.727 bits per heavy atom. The molecular formula is C50H64N2O2S. The number of allylic oxidation sites excluding steroid dienone is 2. The molecule has 0 radical (unpaired) electrons. The highest BCUT2D eigenvalue weighted by atomic mass is 32.2. The average molecular weight is 757 g/mol. The highest BCUT2D eigenvalue weighted by molar-refractivity contribution is 8.04. The van der Waals surface area contributed by atoms with Crippen LogP contribution in [0.15, 0.2) is 100 Å². The summed E-state index contributed by atoms with van der Waals surface area (Å²) in [7, 11) is 0. The van der Waals surface area contributed by atoms with Crippen LogP contribution in [0.3, 0.4) is 0 Å². The molecule has 292 valence electrons. The zero-order chi connectivity index (χ0) is 39.0. The highest BCUT2D eigenvalue weighted by Crippen LogP contribution is 2.54. The molecule has 4 aromatic carbocycles. The van der Waals surface area contributed by atoms with Crippen molar-refractivity contribution in [1.29, 1.82) is 5.26 Å². The standard InChI is InChI=1S/C50H64N2O2S/c1-5-7-9-11-13-15-17-23-34-50(35-24-18-16-14-12-10-8-6-2,47-38(3)29-30-40-25-19-21-27-42(40)47)39(4)44(37-51)49-52(36-33-46(53)54)45-32-31-41-26-20-22-28-43(41)48(45)55-49/h19-22,25-32H,4-18,23-24,33-36H2,1-3H3,(H,53,54)/b49-44-. The minimum absolute atomic E-state index is 0.0222. The van der Waals surface area contributed by atoms with Crippen molar-refractivity contribution >= 4 is 45.0 Å². The van der Waals surface area contributed by atoms with E-state index in [1.165, 1.54) is 98.9 Å². The van der Waals surface area contributed by atoms with E-state index >= 15 is 0 Å². The van der Waals surface area contributed by atoms with E-state index in [0.29, 0.717) is 5.57 Å². The lowest BCUT2D eigenvalue weighted by Crippen LogP contribution is -2.32. The molecule has 0 aliphatic carbocycles. The van der Waals surface area contributed by atoms with Gasteiger partial charge >= 0.3 is 5.97 Å². The van der Waals surface area contributed by atoms with Crippen LogP contribution in [-0.4, -0.2) is 17.6 Å². The summed E-state index contributed by atoms with van der Waals surface area (Å²) < 4.78 is 0. The predicted molar refractivity (Wildman–Crippen MR) is 236 cm³/mol. The predicted octanol–water partition coefficient (Wildman–Crippen LogP) is 15.0. The molecule has 5 rings (SSSR count). The Balaban J connectivity index is 1.61. The number of thioether (sulfide) groups is 1. The van der Waals surface area contributed by atoms with Gasteiger partial charge in [-0.25, -0.2) is 0 Å². The van der Waals surface area contributed by atoms with Gasteiger partial charge in [0, 0.05) is 16.9 Å². The summed E-state index contributed by atoms with van der Waals surface area (Å²) >= 11 is 1.62. The maximum atomic E-state index is 12.0. The molecular weight excluding hydrogens is 693 g/mol. The molecule has 1 heterocycles. The van der Waals surface area contributed by atoms with Crippen LogP contribution in [0.4, 0.5) is 5.69 Å². The number of hydrogen-bond acceptors (Lipinski definition) is 4. The Morgan fingerprint density at radius 2 is 1.24 bits per heavy atom. The monoisotopic (exact) mass is 756 g/mol. The van der Waals surface area contributed by atoms with Crippen molar-refractivity contribution < 1.29 is 9.90 Å². The number of aryl methyl sites for hydroxylation is 1. The third kappa shape index (κ3) is 10.4. The number of nitrogens with zero attached hydrogens (tertiary/aromatic N) is 2. The van der Waals surface area contributed by atoms with Crippen LogP contribution >= 0.6 is 11.8 Å². The summed E-state index contributed by atoms with van der Waals surface area (Å²) in [6.45, 7) is 12.1. The van der Waals surface area contributed by atoms with E-state index in [2.05, 4.69) is 98.5 Å². The van der Waals surface area contributed by atoms with Crippen molar-refractivity contribution in [2.45, 2.75) is 153 Å². The van der Waals surface area contributed by atoms with Crippen LogP contribution in [-0.2, 0) is 10.2 Å². The Kier molecular flexibility index (Phi) is 16.3. The maximum absolute atomic E-state index is 12.0. The van der Waals surface area contributed by atoms with Gasteiger partial charge in [0.15, 0.2) is 0 Å².